The van der Waals surface area contributed by atoms with Gasteiger partial charge in [-0.25, -0.2) is 12.8 Å². The molecule has 25 heavy (non-hydrogen) atoms. The molecule has 2 heterocycles. The Morgan fingerprint density at radius 1 is 1.16 bits per heavy atom. The van der Waals surface area contributed by atoms with Gasteiger partial charge >= 0.3 is 12.1 Å². The molecule has 1 fully saturated rings. The zero-order valence-corrected chi connectivity index (χ0v) is 13.5. The third kappa shape index (κ3) is 3.66. The van der Waals surface area contributed by atoms with E-state index in [0.717, 1.165) is 28.6 Å². The van der Waals surface area contributed by atoms with Crippen LogP contribution in [0.3, 0.4) is 0 Å². The molecule has 1 aromatic carbocycles. The molecule has 0 aliphatic carbocycles. The van der Waals surface area contributed by atoms with Crippen molar-refractivity contribution in [2.75, 3.05) is 13.1 Å². The first-order chi connectivity index (χ1) is 11.7. The summed E-state index contributed by atoms with van der Waals surface area (Å²) in [5.41, 5.74) is 0. The number of hydrogen-bond acceptors (Lipinski definition) is 5. The molecule has 1 saturated heterocycles. The minimum atomic E-state index is -4.75. The Morgan fingerprint density at radius 2 is 1.84 bits per heavy atom. The molecule has 1 unspecified atom stereocenters. The molecular formula is C14H13F4N3O3S. The zero-order valence-electron chi connectivity index (χ0n) is 12.7. The van der Waals surface area contributed by atoms with Gasteiger partial charge in [-0.15, -0.1) is 10.2 Å². The maximum atomic E-state index is 13.0. The average molecular weight is 379 g/mol. The monoisotopic (exact) mass is 379 g/mol. The van der Waals surface area contributed by atoms with Crippen LogP contribution in [0.5, 0.6) is 0 Å². The minimum absolute atomic E-state index is 0.0841. The molecule has 6 nitrogen and oxygen atoms in total. The summed E-state index contributed by atoms with van der Waals surface area (Å²) in [6.45, 7) is 0.121. The number of benzene rings is 1. The van der Waals surface area contributed by atoms with Gasteiger partial charge in [0.2, 0.25) is 15.9 Å². The van der Waals surface area contributed by atoms with E-state index >= 15 is 0 Å². The van der Waals surface area contributed by atoms with Crippen LogP contribution in [-0.2, 0) is 16.2 Å². The first-order valence-corrected chi connectivity index (χ1v) is 8.78. The number of halogens is 4. The number of piperidine rings is 1. The lowest BCUT2D eigenvalue weighted by atomic mass is 10.00. The number of sulfonamides is 1. The molecule has 0 amide bonds. The van der Waals surface area contributed by atoms with Crippen LogP contribution in [0.4, 0.5) is 17.6 Å². The van der Waals surface area contributed by atoms with Crippen molar-refractivity contribution < 1.29 is 30.4 Å². The molecule has 1 aliphatic rings. The lowest BCUT2D eigenvalue weighted by Gasteiger charge is -2.30. The SMILES string of the molecule is O=S(=O)(c1ccc(F)cc1)N1CCCC(c2nnc(C(F)(F)F)o2)C1. The fourth-order valence-electron chi connectivity index (χ4n) is 2.63. The summed E-state index contributed by atoms with van der Waals surface area (Å²) in [5, 5.41) is 6.37. The van der Waals surface area contributed by atoms with Crippen LogP contribution in [-0.4, -0.2) is 36.0 Å². The van der Waals surface area contributed by atoms with Gasteiger partial charge in [0, 0.05) is 13.1 Å². The van der Waals surface area contributed by atoms with Crippen LogP contribution in [0, 0.1) is 5.82 Å². The predicted octanol–water partition coefficient (Wildman–Crippen LogP) is 2.80. The second-order valence-electron chi connectivity index (χ2n) is 5.60. The van der Waals surface area contributed by atoms with Crippen molar-refractivity contribution >= 4 is 10.0 Å². The summed E-state index contributed by atoms with van der Waals surface area (Å²) in [5.74, 6) is -2.90. The summed E-state index contributed by atoms with van der Waals surface area (Å²) in [7, 11) is -3.89. The van der Waals surface area contributed by atoms with Gasteiger partial charge in [0.05, 0.1) is 10.8 Å². The van der Waals surface area contributed by atoms with Gasteiger partial charge in [0.15, 0.2) is 0 Å². The summed E-state index contributed by atoms with van der Waals surface area (Å²) in [6, 6.07) is 4.34. The molecule has 0 spiro atoms. The van der Waals surface area contributed by atoms with Crippen molar-refractivity contribution in [3.63, 3.8) is 0 Å². The third-order valence-corrected chi connectivity index (χ3v) is 5.75. The summed E-state index contributed by atoms with van der Waals surface area (Å²) in [4.78, 5) is -0.0870. The summed E-state index contributed by atoms with van der Waals surface area (Å²) < 4.78 is 81.6. The topological polar surface area (TPSA) is 76.3 Å². The van der Waals surface area contributed by atoms with Crippen LogP contribution in [0.2, 0.25) is 0 Å². The van der Waals surface area contributed by atoms with Crippen molar-refractivity contribution in [2.45, 2.75) is 29.8 Å². The van der Waals surface area contributed by atoms with Gasteiger partial charge in [-0.3, -0.25) is 0 Å². The molecule has 11 heteroatoms. The normalized spacial score (nSPS) is 19.9. The van der Waals surface area contributed by atoms with Crippen LogP contribution >= 0.6 is 0 Å². The smallest absolute Gasteiger partial charge is 0.417 e. The number of rotatable bonds is 3. The highest BCUT2D eigenvalue weighted by Crippen LogP contribution is 2.33. The third-order valence-electron chi connectivity index (χ3n) is 3.87. The Balaban J connectivity index is 1.81. The quantitative estimate of drug-likeness (QED) is 0.767. The predicted molar refractivity (Wildman–Crippen MR) is 76.4 cm³/mol. The van der Waals surface area contributed by atoms with Crippen molar-refractivity contribution in [3.05, 3.63) is 41.9 Å². The van der Waals surface area contributed by atoms with Gasteiger partial charge in [-0.2, -0.15) is 17.5 Å². The van der Waals surface area contributed by atoms with E-state index in [2.05, 4.69) is 14.6 Å². The Hall–Kier alpha value is -2.01. The van der Waals surface area contributed by atoms with Crippen molar-refractivity contribution in [2.24, 2.45) is 0 Å². The van der Waals surface area contributed by atoms with Crippen LogP contribution < -0.4 is 0 Å². The van der Waals surface area contributed by atoms with Gasteiger partial charge in [0.25, 0.3) is 0 Å². The Labute approximate surface area is 140 Å². The lowest BCUT2D eigenvalue weighted by Crippen LogP contribution is -2.39. The first-order valence-electron chi connectivity index (χ1n) is 7.34. The van der Waals surface area contributed by atoms with E-state index in [1.54, 1.807) is 0 Å². The Bertz CT molecular complexity index is 849. The number of nitrogens with zero attached hydrogens (tertiary/aromatic N) is 3. The molecule has 2 aromatic rings. The highest BCUT2D eigenvalue weighted by molar-refractivity contribution is 7.89. The summed E-state index contributed by atoms with van der Waals surface area (Å²) >= 11 is 0. The van der Waals surface area contributed by atoms with Crippen molar-refractivity contribution in [1.29, 1.82) is 0 Å². The molecule has 1 aromatic heterocycles. The van der Waals surface area contributed by atoms with Crippen LogP contribution in [0.1, 0.15) is 30.5 Å². The fourth-order valence-corrected chi connectivity index (χ4v) is 4.16. The molecule has 136 valence electrons. The van der Waals surface area contributed by atoms with E-state index in [0.29, 0.717) is 12.8 Å². The fraction of sp³-hybridized carbons (Fsp3) is 0.429. The Morgan fingerprint density at radius 3 is 2.44 bits per heavy atom. The highest BCUT2D eigenvalue weighted by atomic mass is 32.2. The molecule has 0 N–H and O–H groups in total. The Kier molecular flexibility index (Phi) is 4.54. The molecular weight excluding hydrogens is 366 g/mol. The summed E-state index contributed by atoms with van der Waals surface area (Å²) in [6.07, 6.45) is -3.90. The van der Waals surface area contributed by atoms with E-state index < -0.39 is 33.8 Å². The molecule has 1 atom stereocenters. The van der Waals surface area contributed by atoms with Gasteiger partial charge in [-0.1, -0.05) is 0 Å². The minimum Gasteiger partial charge on any atom is -0.417 e. The first kappa shape index (κ1) is 17.8. The average Bonchev–Trinajstić information content (AvgIpc) is 3.06. The van der Waals surface area contributed by atoms with E-state index in [-0.39, 0.29) is 23.9 Å². The van der Waals surface area contributed by atoms with E-state index in [4.69, 9.17) is 0 Å². The van der Waals surface area contributed by atoms with Crippen LogP contribution in [0.25, 0.3) is 0 Å². The maximum Gasteiger partial charge on any atom is 0.470 e. The van der Waals surface area contributed by atoms with Crippen molar-refractivity contribution in [1.82, 2.24) is 14.5 Å². The standard InChI is InChI=1S/C14H13F4N3O3S/c15-10-3-5-11(6-4-10)25(22,23)21-7-1-2-9(8-21)12-19-20-13(24-12)14(16,17)18/h3-6,9H,1-2,7-8H2. The number of hydrogen-bond donors (Lipinski definition) is 0. The van der Waals surface area contributed by atoms with Crippen molar-refractivity contribution in [3.8, 4) is 0 Å². The number of aromatic nitrogens is 2. The lowest BCUT2D eigenvalue weighted by molar-refractivity contribution is -0.157. The van der Waals surface area contributed by atoms with Gasteiger partial charge in [-0.05, 0) is 37.1 Å². The molecule has 0 bridgehead atoms. The second-order valence-corrected chi connectivity index (χ2v) is 7.54. The largest absolute Gasteiger partial charge is 0.470 e. The van der Waals surface area contributed by atoms with Crippen LogP contribution in [0.15, 0.2) is 33.6 Å². The number of alkyl halides is 3. The molecule has 0 saturated carbocycles. The zero-order chi connectivity index (χ0) is 18.2. The molecule has 0 radical (unpaired) electrons. The maximum absolute atomic E-state index is 13.0. The molecule has 3 rings (SSSR count). The van der Waals surface area contributed by atoms with Gasteiger partial charge in [0.1, 0.15) is 5.82 Å². The second kappa shape index (κ2) is 6.37. The highest BCUT2D eigenvalue weighted by Gasteiger charge is 2.40. The molecule has 1 aliphatic heterocycles. The van der Waals surface area contributed by atoms with E-state index in [9.17, 15) is 26.0 Å². The van der Waals surface area contributed by atoms with E-state index in [1.165, 1.54) is 0 Å². The van der Waals surface area contributed by atoms with Gasteiger partial charge < -0.3 is 4.42 Å². The van der Waals surface area contributed by atoms with E-state index in [1.807, 2.05) is 0 Å².